The van der Waals surface area contributed by atoms with Crippen LogP contribution in [0.15, 0.2) is 23.0 Å². The normalized spacial score (nSPS) is 15.6. The minimum absolute atomic E-state index is 0.0569. The van der Waals surface area contributed by atoms with Crippen LogP contribution in [0.25, 0.3) is 10.9 Å². The molecule has 0 spiro atoms. The van der Waals surface area contributed by atoms with Crippen molar-refractivity contribution in [3.63, 3.8) is 0 Å². The van der Waals surface area contributed by atoms with E-state index in [2.05, 4.69) is 18.0 Å². The highest BCUT2D eigenvalue weighted by Crippen LogP contribution is 2.24. The highest BCUT2D eigenvalue weighted by atomic mass is 16.2. The molecule has 1 aliphatic rings. The van der Waals surface area contributed by atoms with E-state index in [0.717, 1.165) is 23.7 Å². The van der Waals surface area contributed by atoms with Crippen molar-refractivity contribution in [2.24, 2.45) is 0 Å². The average Bonchev–Trinajstić information content (AvgIpc) is 2.55. The van der Waals surface area contributed by atoms with E-state index in [1.54, 1.807) is 6.92 Å². The SMILES string of the molecule is CC(=O)N(Cc1cc2cc(C)c(C)cc2[nH]c1=O)C1CCCCC1. The highest BCUT2D eigenvalue weighted by molar-refractivity contribution is 5.81. The molecule has 0 unspecified atom stereocenters. The topological polar surface area (TPSA) is 53.2 Å². The molecule has 3 rings (SSSR count). The van der Waals surface area contributed by atoms with E-state index in [1.807, 2.05) is 24.0 Å². The van der Waals surface area contributed by atoms with Gasteiger partial charge in [-0.2, -0.15) is 0 Å². The van der Waals surface area contributed by atoms with Crippen LogP contribution in [0, 0.1) is 13.8 Å². The Morgan fingerprint density at radius 2 is 1.79 bits per heavy atom. The fourth-order valence-corrected chi connectivity index (χ4v) is 3.71. The van der Waals surface area contributed by atoms with E-state index in [0.29, 0.717) is 12.1 Å². The van der Waals surface area contributed by atoms with Gasteiger partial charge in [0.1, 0.15) is 0 Å². The highest BCUT2D eigenvalue weighted by Gasteiger charge is 2.24. The molecule has 0 bridgehead atoms. The summed E-state index contributed by atoms with van der Waals surface area (Å²) in [5.74, 6) is 0.0569. The third-order valence-electron chi connectivity index (χ3n) is 5.30. The monoisotopic (exact) mass is 326 g/mol. The third kappa shape index (κ3) is 3.37. The summed E-state index contributed by atoms with van der Waals surface area (Å²) < 4.78 is 0. The number of benzene rings is 1. The molecular weight excluding hydrogens is 300 g/mol. The second-order valence-corrected chi connectivity index (χ2v) is 7.09. The Morgan fingerprint density at radius 1 is 1.12 bits per heavy atom. The molecule has 0 radical (unpaired) electrons. The zero-order valence-electron chi connectivity index (χ0n) is 14.8. The lowest BCUT2D eigenvalue weighted by Crippen LogP contribution is -2.40. The number of hydrogen-bond acceptors (Lipinski definition) is 2. The molecule has 1 fully saturated rings. The molecule has 4 heteroatoms. The first-order chi connectivity index (χ1) is 11.5. The standard InChI is InChI=1S/C20H26N2O2/c1-13-9-16-11-17(20(24)21-19(16)10-14(13)2)12-22(15(3)23)18-7-5-4-6-8-18/h9-11,18H,4-8,12H2,1-3H3,(H,21,24). The fourth-order valence-electron chi connectivity index (χ4n) is 3.71. The van der Waals surface area contributed by atoms with Crippen LogP contribution in [0.2, 0.25) is 0 Å². The van der Waals surface area contributed by atoms with Gasteiger partial charge in [-0.25, -0.2) is 0 Å². The summed E-state index contributed by atoms with van der Waals surface area (Å²) in [5, 5.41) is 1.03. The van der Waals surface area contributed by atoms with Crippen molar-refractivity contribution in [3.05, 3.63) is 45.2 Å². The van der Waals surface area contributed by atoms with Crippen LogP contribution >= 0.6 is 0 Å². The third-order valence-corrected chi connectivity index (χ3v) is 5.30. The number of nitrogens with zero attached hydrogens (tertiary/aromatic N) is 1. The largest absolute Gasteiger partial charge is 0.335 e. The number of nitrogens with one attached hydrogen (secondary N) is 1. The smallest absolute Gasteiger partial charge is 0.253 e. The fraction of sp³-hybridized carbons (Fsp3) is 0.500. The molecule has 24 heavy (non-hydrogen) atoms. The zero-order valence-corrected chi connectivity index (χ0v) is 14.8. The summed E-state index contributed by atoms with van der Waals surface area (Å²) >= 11 is 0. The van der Waals surface area contributed by atoms with Crippen LogP contribution in [0.3, 0.4) is 0 Å². The summed E-state index contributed by atoms with van der Waals surface area (Å²) in [5.41, 5.74) is 3.81. The van der Waals surface area contributed by atoms with Gasteiger partial charge in [-0.1, -0.05) is 19.3 Å². The van der Waals surface area contributed by atoms with Crippen molar-refractivity contribution in [1.82, 2.24) is 9.88 Å². The molecule has 0 saturated heterocycles. The van der Waals surface area contributed by atoms with Crippen LogP contribution in [-0.2, 0) is 11.3 Å². The Hall–Kier alpha value is -2.10. The molecule has 4 nitrogen and oxygen atoms in total. The molecule has 1 saturated carbocycles. The van der Waals surface area contributed by atoms with E-state index in [-0.39, 0.29) is 17.5 Å². The number of carbonyl (C=O) groups excluding carboxylic acids is 1. The van der Waals surface area contributed by atoms with Crippen LogP contribution in [0.5, 0.6) is 0 Å². The van der Waals surface area contributed by atoms with Gasteiger partial charge in [-0.3, -0.25) is 9.59 Å². The number of aryl methyl sites for hydroxylation is 2. The lowest BCUT2D eigenvalue weighted by atomic mass is 9.93. The van der Waals surface area contributed by atoms with Crippen LogP contribution < -0.4 is 5.56 Å². The lowest BCUT2D eigenvalue weighted by Gasteiger charge is -2.33. The van der Waals surface area contributed by atoms with Crippen molar-refractivity contribution in [2.75, 3.05) is 0 Å². The number of amides is 1. The van der Waals surface area contributed by atoms with E-state index in [4.69, 9.17) is 0 Å². The maximum absolute atomic E-state index is 12.5. The first kappa shape index (κ1) is 16.7. The number of aromatic amines is 1. The maximum atomic E-state index is 12.5. The van der Waals surface area contributed by atoms with Crippen LogP contribution in [0.4, 0.5) is 0 Å². The van der Waals surface area contributed by atoms with Crippen molar-refractivity contribution in [1.29, 1.82) is 0 Å². The van der Waals surface area contributed by atoms with Gasteiger partial charge in [0.25, 0.3) is 5.56 Å². The zero-order chi connectivity index (χ0) is 17.3. The first-order valence-electron chi connectivity index (χ1n) is 8.86. The number of H-pyrrole nitrogens is 1. The van der Waals surface area contributed by atoms with Crippen LogP contribution in [-0.4, -0.2) is 21.8 Å². The van der Waals surface area contributed by atoms with Gasteiger partial charge in [-0.05, 0) is 61.4 Å². The van der Waals surface area contributed by atoms with E-state index < -0.39 is 0 Å². The molecule has 1 heterocycles. The number of fused-ring (bicyclic) bond motifs is 1. The van der Waals surface area contributed by atoms with Gasteiger partial charge in [0.05, 0.1) is 6.54 Å². The second kappa shape index (κ2) is 6.80. The number of aromatic nitrogens is 1. The van der Waals surface area contributed by atoms with E-state index >= 15 is 0 Å². The molecule has 1 aliphatic carbocycles. The maximum Gasteiger partial charge on any atom is 0.253 e. The predicted molar refractivity (Wildman–Crippen MR) is 97.1 cm³/mol. The van der Waals surface area contributed by atoms with E-state index in [9.17, 15) is 9.59 Å². The van der Waals surface area contributed by atoms with Gasteiger partial charge >= 0.3 is 0 Å². The van der Waals surface area contributed by atoms with Gasteiger partial charge in [0, 0.05) is 24.0 Å². The predicted octanol–water partition coefficient (Wildman–Crippen LogP) is 3.83. The van der Waals surface area contributed by atoms with Crippen molar-refractivity contribution >= 4 is 16.8 Å². The van der Waals surface area contributed by atoms with Crippen molar-refractivity contribution < 1.29 is 4.79 Å². The minimum atomic E-state index is -0.0900. The van der Waals surface area contributed by atoms with Crippen LogP contribution in [0.1, 0.15) is 55.7 Å². The Bertz CT molecular complexity index is 816. The van der Waals surface area contributed by atoms with Crippen molar-refractivity contribution in [3.8, 4) is 0 Å². The number of hydrogen-bond donors (Lipinski definition) is 1. The van der Waals surface area contributed by atoms with Gasteiger partial charge in [0.15, 0.2) is 0 Å². The lowest BCUT2D eigenvalue weighted by molar-refractivity contribution is -0.132. The summed E-state index contributed by atoms with van der Waals surface area (Å²) in [6.07, 6.45) is 5.67. The molecule has 0 aliphatic heterocycles. The molecule has 0 atom stereocenters. The summed E-state index contributed by atoms with van der Waals surface area (Å²) in [6.45, 7) is 6.13. The van der Waals surface area contributed by atoms with Gasteiger partial charge in [-0.15, -0.1) is 0 Å². The van der Waals surface area contributed by atoms with E-state index in [1.165, 1.54) is 30.4 Å². The molecule has 128 valence electrons. The Labute approximate surface area is 142 Å². The Balaban J connectivity index is 1.95. The molecule has 2 aromatic rings. The molecule has 1 amide bonds. The van der Waals surface area contributed by atoms with Crippen molar-refractivity contribution in [2.45, 2.75) is 65.5 Å². The minimum Gasteiger partial charge on any atom is -0.335 e. The Kier molecular flexibility index (Phi) is 4.74. The first-order valence-corrected chi connectivity index (χ1v) is 8.86. The molecular formula is C20H26N2O2. The molecule has 1 aromatic carbocycles. The number of pyridine rings is 1. The quantitative estimate of drug-likeness (QED) is 0.932. The van der Waals surface area contributed by atoms with Gasteiger partial charge in [0.2, 0.25) is 5.91 Å². The number of rotatable bonds is 3. The Morgan fingerprint density at radius 3 is 2.46 bits per heavy atom. The van der Waals surface area contributed by atoms with Gasteiger partial charge < -0.3 is 9.88 Å². The summed E-state index contributed by atoms with van der Waals surface area (Å²) in [7, 11) is 0. The molecule has 1 N–H and O–H groups in total. The summed E-state index contributed by atoms with van der Waals surface area (Å²) in [4.78, 5) is 29.5. The molecule has 1 aromatic heterocycles. The summed E-state index contributed by atoms with van der Waals surface area (Å²) in [6, 6.07) is 6.33. The second-order valence-electron chi connectivity index (χ2n) is 7.09. The number of carbonyl (C=O) groups is 1. The average molecular weight is 326 g/mol.